The second-order valence-corrected chi connectivity index (χ2v) is 7.35. The molecule has 31 heavy (non-hydrogen) atoms. The fourth-order valence-electron chi connectivity index (χ4n) is 2.62. The second-order valence-electron chi connectivity index (χ2n) is 7.35. The molecule has 0 spiro atoms. The first kappa shape index (κ1) is 25.6. The van der Waals surface area contributed by atoms with Gasteiger partial charge in [-0.2, -0.15) is 0 Å². The number of carboxylic acid groups (broad SMARTS) is 2. The number of nitrogens with one attached hydrogen (secondary N) is 4. The number of carboxylic acids is 2. The fraction of sp³-hybridized carbons (Fsp3) is 0.556. The summed E-state index contributed by atoms with van der Waals surface area (Å²) in [5, 5.41) is 25.0. The highest BCUT2D eigenvalue weighted by Crippen LogP contribution is 2.06. The summed E-state index contributed by atoms with van der Waals surface area (Å²) in [6, 6.07) is -3.62. The van der Waals surface area contributed by atoms with Gasteiger partial charge in [0.15, 0.2) is 0 Å². The lowest BCUT2D eigenvalue weighted by Gasteiger charge is -2.22. The Kier molecular flexibility index (Phi) is 10.1. The molecule has 1 heterocycles. The summed E-state index contributed by atoms with van der Waals surface area (Å²) in [6.45, 7) is 3.07. The van der Waals surface area contributed by atoms with Gasteiger partial charge in [-0.3, -0.25) is 19.2 Å². The summed E-state index contributed by atoms with van der Waals surface area (Å²) in [5.74, 6) is -4.76. The largest absolute Gasteiger partial charge is 0.481 e. The monoisotopic (exact) mass is 440 g/mol. The molecule has 13 heteroatoms. The Hall–Kier alpha value is -3.48. The lowest BCUT2D eigenvalue weighted by molar-refractivity contribution is -0.142. The third kappa shape index (κ3) is 9.71. The standard InChI is InChI=1S/C18H28N6O7/c1-9(2)3-13(18(30)31)24-17(29)12(4-10-6-20-8-22-10)23-14(25)7-21-16(28)11(19)5-15(26)27/h6,8-9,11-13H,3-5,7,19H2,1-2H3,(H,20,22)(H,21,28)(H,23,25)(H,24,29)(H,26,27)(H,30,31). The topological polar surface area (TPSA) is 217 Å². The smallest absolute Gasteiger partial charge is 0.326 e. The van der Waals surface area contributed by atoms with Gasteiger partial charge >= 0.3 is 11.9 Å². The van der Waals surface area contributed by atoms with Gasteiger partial charge in [-0.25, -0.2) is 9.78 Å². The molecular weight excluding hydrogens is 412 g/mol. The number of carbonyl (C=O) groups excluding carboxylic acids is 3. The van der Waals surface area contributed by atoms with Crippen LogP contribution in [0.15, 0.2) is 12.5 Å². The number of nitrogens with two attached hydrogens (primary N) is 1. The summed E-state index contributed by atoms with van der Waals surface area (Å²) < 4.78 is 0. The highest BCUT2D eigenvalue weighted by Gasteiger charge is 2.28. The van der Waals surface area contributed by atoms with Crippen molar-refractivity contribution in [3.05, 3.63) is 18.2 Å². The number of aromatic nitrogens is 2. The molecule has 1 aromatic heterocycles. The van der Waals surface area contributed by atoms with Crippen molar-refractivity contribution < 1.29 is 34.2 Å². The van der Waals surface area contributed by atoms with Crippen molar-refractivity contribution in [2.45, 2.75) is 51.2 Å². The Bertz CT molecular complexity index is 780. The van der Waals surface area contributed by atoms with Crippen molar-refractivity contribution in [1.29, 1.82) is 0 Å². The van der Waals surface area contributed by atoms with Crippen LogP contribution in [-0.2, 0) is 30.4 Å². The van der Waals surface area contributed by atoms with Crippen LogP contribution < -0.4 is 21.7 Å². The number of H-pyrrole nitrogens is 1. The Balaban J connectivity index is 2.77. The maximum Gasteiger partial charge on any atom is 0.326 e. The van der Waals surface area contributed by atoms with E-state index in [4.69, 9.17) is 10.8 Å². The summed E-state index contributed by atoms with van der Waals surface area (Å²) in [7, 11) is 0. The molecule has 0 aliphatic carbocycles. The van der Waals surface area contributed by atoms with Gasteiger partial charge in [-0.1, -0.05) is 13.8 Å². The van der Waals surface area contributed by atoms with Crippen molar-refractivity contribution in [2.75, 3.05) is 6.54 Å². The summed E-state index contributed by atoms with van der Waals surface area (Å²) in [6.07, 6.45) is 2.42. The summed E-state index contributed by atoms with van der Waals surface area (Å²) in [5.41, 5.74) is 5.93. The molecule has 3 unspecified atom stereocenters. The number of aromatic amines is 1. The van der Waals surface area contributed by atoms with Crippen LogP contribution in [0.5, 0.6) is 0 Å². The molecule has 0 fully saturated rings. The van der Waals surface area contributed by atoms with Gasteiger partial charge in [0.1, 0.15) is 12.1 Å². The SMILES string of the molecule is CC(C)CC(NC(=O)C(Cc1cnc[nH]1)NC(=O)CNC(=O)C(N)CC(=O)O)C(=O)O. The molecule has 0 bridgehead atoms. The quantitative estimate of drug-likeness (QED) is 0.180. The lowest BCUT2D eigenvalue weighted by atomic mass is 10.0. The van der Waals surface area contributed by atoms with Gasteiger partial charge in [-0.15, -0.1) is 0 Å². The summed E-state index contributed by atoms with van der Waals surface area (Å²) >= 11 is 0. The molecule has 0 aliphatic rings. The first-order valence-electron chi connectivity index (χ1n) is 9.54. The van der Waals surface area contributed by atoms with E-state index < -0.39 is 60.8 Å². The first-order valence-corrected chi connectivity index (χ1v) is 9.54. The van der Waals surface area contributed by atoms with E-state index in [9.17, 15) is 29.1 Å². The maximum absolute atomic E-state index is 12.7. The fourth-order valence-corrected chi connectivity index (χ4v) is 2.62. The molecule has 0 aromatic carbocycles. The van der Waals surface area contributed by atoms with Crippen LogP contribution >= 0.6 is 0 Å². The minimum Gasteiger partial charge on any atom is -0.481 e. The molecule has 172 valence electrons. The number of rotatable bonds is 13. The Morgan fingerprint density at radius 1 is 1.10 bits per heavy atom. The van der Waals surface area contributed by atoms with E-state index in [1.54, 1.807) is 0 Å². The van der Waals surface area contributed by atoms with Crippen LogP contribution in [0.2, 0.25) is 0 Å². The zero-order valence-corrected chi connectivity index (χ0v) is 17.3. The number of hydrogen-bond donors (Lipinski definition) is 7. The average molecular weight is 440 g/mol. The molecule has 0 saturated carbocycles. The minimum atomic E-state index is -1.33. The van der Waals surface area contributed by atoms with E-state index in [-0.39, 0.29) is 18.8 Å². The predicted molar refractivity (Wildman–Crippen MR) is 106 cm³/mol. The Labute approximate surface area is 178 Å². The van der Waals surface area contributed by atoms with Crippen LogP contribution in [0.25, 0.3) is 0 Å². The Morgan fingerprint density at radius 3 is 2.29 bits per heavy atom. The van der Waals surface area contributed by atoms with E-state index in [1.165, 1.54) is 12.5 Å². The molecule has 0 radical (unpaired) electrons. The van der Waals surface area contributed by atoms with Gasteiger partial charge < -0.3 is 36.9 Å². The number of hydrogen-bond acceptors (Lipinski definition) is 7. The van der Waals surface area contributed by atoms with E-state index in [1.807, 2.05) is 13.8 Å². The lowest BCUT2D eigenvalue weighted by Crippen LogP contribution is -2.54. The zero-order chi connectivity index (χ0) is 23.6. The molecule has 1 aromatic rings. The average Bonchev–Trinajstić information content (AvgIpc) is 3.17. The van der Waals surface area contributed by atoms with Crippen molar-refractivity contribution in [3.63, 3.8) is 0 Å². The van der Waals surface area contributed by atoms with Gasteiger partial charge in [0.2, 0.25) is 17.7 Å². The first-order chi connectivity index (χ1) is 14.5. The molecule has 3 atom stereocenters. The predicted octanol–water partition coefficient (Wildman–Crippen LogP) is -2.03. The van der Waals surface area contributed by atoms with E-state index in [0.717, 1.165) is 0 Å². The molecule has 13 nitrogen and oxygen atoms in total. The molecule has 0 aliphatic heterocycles. The van der Waals surface area contributed by atoms with Crippen LogP contribution in [-0.4, -0.2) is 74.5 Å². The highest BCUT2D eigenvalue weighted by atomic mass is 16.4. The van der Waals surface area contributed by atoms with E-state index in [0.29, 0.717) is 5.69 Å². The van der Waals surface area contributed by atoms with Gasteiger partial charge in [0.25, 0.3) is 0 Å². The normalized spacial score (nSPS) is 13.7. The maximum atomic E-state index is 12.7. The van der Waals surface area contributed by atoms with Crippen molar-refractivity contribution in [3.8, 4) is 0 Å². The van der Waals surface area contributed by atoms with Crippen molar-refractivity contribution in [2.24, 2.45) is 11.7 Å². The number of imidazole rings is 1. The molecule has 8 N–H and O–H groups in total. The van der Waals surface area contributed by atoms with Crippen LogP contribution in [0.3, 0.4) is 0 Å². The number of nitrogens with zero attached hydrogens (tertiary/aromatic N) is 1. The van der Waals surface area contributed by atoms with E-state index >= 15 is 0 Å². The molecule has 1 rings (SSSR count). The summed E-state index contributed by atoms with van der Waals surface area (Å²) in [4.78, 5) is 65.3. The molecular formula is C18H28N6O7. The number of aliphatic carboxylic acids is 2. The van der Waals surface area contributed by atoms with Crippen molar-refractivity contribution >= 4 is 29.7 Å². The number of carbonyl (C=O) groups is 5. The van der Waals surface area contributed by atoms with E-state index in [2.05, 4.69) is 25.9 Å². The molecule has 3 amide bonds. The highest BCUT2D eigenvalue weighted by molar-refractivity contribution is 5.93. The molecule has 0 saturated heterocycles. The van der Waals surface area contributed by atoms with Crippen LogP contribution in [0.1, 0.15) is 32.4 Å². The van der Waals surface area contributed by atoms with Crippen LogP contribution in [0, 0.1) is 5.92 Å². The third-order valence-electron chi connectivity index (χ3n) is 4.11. The second kappa shape index (κ2) is 12.3. The Morgan fingerprint density at radius 2 is 1.77 bits per heavy atom. The number of amides is 3. The minimum absolute atomic E-state index is 0.00192. The van der Waals surface area contributed by atoms with Gasteiger partial charge in [0, 0.05) is 18.3 Å². The van der Waals surface area contributed by atoms with Crippen molar-refractivity contribution in [1.82, 2.24) is 25.9 Å². The van der Waals surface area contributed by atoms with Gasteiger partial charge in [-0.05, 0) is 12.3 Å². The zero-order valence-electron chi connectivity index (χ0n) is 17.3. The van der Waals surface area contributed by atoms with Crippen LogP contribution in [0.4, 0.5) is 0 Å². The third-order valence-corrected chi connectivity index (χ3v) is 4.11. The van der Waals surface area contributed by atoms with Gasteiger partial charge in [0.05, 0.1) is 25.3 Å².